The molecule has 18 nitrogen and oxygen atoms in total. The first-order valence-corrected chi connectivity index (χ1v) is 33.4. The van der Waals surface area contributed by atoms with E-state index in [4.69, 9.17) is 91.6 Å². The number of carbonyl (C=O) groups excluding carboxylic acids is 3. The van der Waals surface area contributed by atoms with E-state index in [0.29, 0.717) is 23.3 Å². The number of aliphatic hydroxyl groups is 1. The molecule has 6 rings (SSSR count). The molecule has 0 unspecified atom stereocenters. The van der Waals surface area contributed by atoms with Gasteiger partial charge in [-0.15, -0.1) is 6.58 Å². The zero-order valence-corrected chi connectivity index (χ0v) is 55.9. The van der Waals surface area contributed by atoms with E-state index < -0.39 is 121 Å². The van der Waals surface area contributed by atoms with Crippen LogP contribution in [0.3, 0.4) is 0 Å². The van der Waals surface area contributed by atoms with E-state index in [1.165, 1.54) is 82.8 Å². The van der Waals surface area contributed by atoms with Crippen molar-refractivity contribution in [2.75, 3.05) is 40.1 Å². The normalized spacial score (nSPS) is 21.8. The summed E-state index contributed by atoms with van der Waals surface area (Å²) in [6.07, 6.45) is -0.0690. The average molecular weight is 1380 g/mol. The van der Waals surface area contributed by atoms with Crippen LogP contribution in [0.15, 0.2) is 135 Å². The molecule has 520 valence electrons. The number of carbonyl (C=O) groups is 3. The van der Waals surface area contributed by atoms with Crippen molar-refractivity contribution in [2.45, 2.75) is 207 Å². The van der Waals surface area contributed by atoms with Gasteiger partial charge in [-0.25, -0.2) is 9.59 Å². The Morgan fingerprint density at radius 2 is 1.10 bits per heavy atom. The Kier molecular flexibility index (Phi) is 34.8. The maximum absolute atomic E-state index is 14.5. The third kappa shape index (κ3) is 28.3. The van der Waals surface area contributed by atoms with Crippen LogP contribution in [0.1, 0.15) is 131 Å². The Morgan fingerprint density at radius 3 is 1.65 bits per heavy atom. The van der Waals surface area contributed by atoms with Crippen LogP contribution in [0.5, 0.6) is 5.75 Å². The van der Waals surface area contributed by atoms with Gasteiger partial charge in [-0.2, -0.15) is 13.2 Å². The molecule has 0 aromatic heterocycles. The van der Waals surface area contributed by atoms with E-state index in [1.807, 2.05) is 60.7 Å². The molecule has 2 fully saturated rings. The van der Waals surface area contributed by atoms with Crippen molar-refractivity contribution in [3.05, 3.63) is 162 Å². The van der Waals surface area contributed by atoms with E-state index in [1.54, 1.807) is 24.3 Å². The van der Waals surface area contributed by atoms with Crippen LogP contribution in [0.25, 0.3) is 0 Å². The molecule has 0 radical (unpaired) electrons. The smallest absolute Gasteiger partial charge is 0.497 e. The molecule has 94 heavy (non-hydrogen) atoms. The summed E-state index contributed by atoms with van der Waals surface area (Å²) < 4.78 is 112. The van der Waals surface area contributed by atoms with Gasteiger partial charge in [-0.3, -0.25) is 4.79 Å². The first-order chi connectivity index (χ1) is 45.4. The molecule has 24 heteroatoms. The van der Waals surface area contributed by atoms with E-state index >= 15 is 0 Å². The number of rotatable bonds is 42. The van der Waals surface area contributed by atoms with E-state index in [9.17, 15) is 32.7 Å². The summed E-state index contributed by atoms with van der Waals surface area (Å²) in [5.74, 6) is 0.0447. The molecular weight excluding hydrogens is 1290 g/mol. The lowest BCUT2D eigenvalue weighted by Gasteiger charge is -2.47. The number of hydrogen-bond donors (Lipinski definition) is 3. The lowest BCUT2D eigenvalue weighted by atomic mass is 9.95. The fourth-order valence-corrected chi connectivity index (χ4v) is 11.0. The van der Waals surface area contributed by atoms with Gasteiger partial charge in [-0.1, -0.05) is 229 Å². The van der Waals surface area contributed by atoms with Crippen molar-refractivity contribution in [3.63, 3.8) is 0 Å². The van der Waals surface area contributed by atoms with E-state index in [-0.39, 0.29) is 46.1 Å². The van der Waals surface area contributed by atoms with Gasteiger partial charge in [0.1, 0.15) is 74.3 Å². The molecule has 2 saturated heterocycles. The molecule has 2 aliphatic heterocycles. The molecule has 2 heterocycles. The van der Waals surface area contributed by atoms with Crippen molar-refractivity contribution in [2.24, 2.45) is 0 Å². The number of halogens is 6. The molecule has 4 aromatic rings. The molecule has 2 amide bonds. The van der Waals surface area contributed by atoms with Crippen molar-refractivity contribution in [1.82, 2.24) is 10.6 Å². The predicted octanol–water partition coefficient (Wildman–Crippen LogP) is 14.5. The van der Waals surface area contributed by atoms with Crippen LogP contribution in [0.2, 0.25) is 0 Å². The highest BCUT2D eigenvalue weighted by Crippen LogP contribution is 2.34. The number of unbranched alkanes of at least 4 members (excludes halogenated alkanes) is 12. The largest absolute Gasteiger partial charge is 0.508 e. The lowest BCUT2D eigenvalue weighted by molar-refractivity contribution is -0.314. The summed E-state index contributed by atoms with van der Waals surface area (Å²) in [6.45, 7) is 7.49. The van der Waals surface area contributed by atoms with Gasteiger partial charge in [-0.05, 0) is 52.9 Å². The Bertz CT molecular complexity index is 2790. The third-order valence-electron chi connectivity index (χ3n) is 15.8. The molecule has 2 aliphatic rings. The zero-order chi connectivity index (χ0) is 67.6. The van der Waals surface area contributed by atoms with Crippen molar-refractivity contribution in [3.8, 4) is 5.75 Å². The number of hydrogen-bond acceptors (Lipinski definition) is 16. The van der Waals surface area contributed by atoms with Gasteiger partial charge in [0.2, 0.25) is 9.70 Å². The fraction of sp³-hybridized carbons (Fsp3) is 0.557. The highest BCUT2D eigenvalue weighted by molar-refractivity contribution is 6.67. The van der Waals surface area contributed by atoms with Crippen LogP contribution in [0, 0.1) is 0 Å². The molecule has 0 saturated carbocycles. The van der Waals surface area contributed by atoms with Crippen LogP contribution >= 0.6 is 34.8 Å². The second kappa shape index (κ2) is 42.2. The summed E-state index contributed by atoms with van der Waals surface area (Å²) in [6, 6.07) is 27.4. The van der Waals surface area contributed by atoms with Gasteiger partial charge in [0.25, 0.3) is 0 Å². The number of nitrogens with one attached hydrogen (secondary N) is 2. The number of aliphatic hydroxyl groups excluding tert-OH is 1. The highest BCUT2D eigenvalue weighted by atomic mass is 35.6. The lowest BCUT2D eigenvalue weighted by Crippen LogP contribution is -2.68. The average Bonchev–Trinajstić information content (AvgIpc) is 0.797. The summed E-state index contributed by atoms with van der Waals surface area (Å²) in [7, 11) is 1.53. The second-order valence-corrected chi connectivity index (χ2v) is 25.7. The van der Waals surface area contributed by atoms with Crippen LogP contribution in [-0.4, -0.2) is 135 Å². The Labute approximate surface area is 565 Å². The van der Waals surface area contributed by atoms with E-state index in [0.717, 1.165) is 55.4 Å². The summed E-state index contributed by atoms with van der Waals surface area (Å²) in [5, 5.41) is 18.4. The number of methoxy groups -OCH3 is 1. The summed E-state index contributed by atoms with van der Waals surface area (Å²) in [4.78, 5) is 41.4. The van der Waals surface area contributed by atoms with Crippen molar-refractivity contribution >= 4 is 53.0 Å². The summed E-state index contributed by atoms with van der Waals surface area (Å²) >= 11 is 18.1. The highest BCUT2D eigenvalue weighted by Gasteiger charge is 2.52. The molecular formula is C70H92Cl3F3N2O16. The fourth-order valence-electron chi connectivity index (χ4n) is 10.8. The molecule has 4 aromatic carbocycles. The first-order valence-electron chi connectivity index (χ1n) is 32.2. The minimum atomic E-state index is -4.52. The summed E-state index contributed by atoms with van der Waals surface area (Å²) in [5.41, 5.74) is 1.85. The van der Waals surface area contributed by atoms with Crippen molar-refractivity contribution in [1.29, 1.82) is 0 Å². The molecule has 0 bridgehead atoms. The van der Waals surface area contributed by atoms with Gasteiger partial charge in [0, 0.05) is 0 Å². The Balaban J connectivity index is 1.27. The number of alkyl carbamates (subject to hydrolysis) is 1. The quantitative estimate of drug-likeness (QED) is 0.0163. The third-order valence-corrected chi connectivity index (χ3v) is 16.1. The van der Waals surface area contributed by atoms with Crippen molar-refractivity contribution < 1.29 is 89.5 Å². The maximum atomic E-state index is 14.5. The van der Waals surface area contributed by atoms with Gasteiger partial charge in [0.05, 0.1) is 64.8 Å². The Morgan fingerprint density at radius 1 is 0.585 bits per heavy atom. The zero-order valence-electron chi connectivity index (χ0n) is 53.6. The minimum Gasteiger partial charge on any atom is -0.497 e. The standard InChI is InChI=1S/C70H92Cl3F3N2O16/c1-5-8-9-10-11-12-13-14-15-16-17-18-25-30-55(86-42-51-31-35-53(36-32-51)70(74,75)76)41-58(79)77-59-61(80)62(87-43-49-26-21-19-22-27-49)56(93-65(59)84-39-6-2)46-90-66-60(78-67(81)92-48-69(71,72)73)64(89-45-52-33-37-54(83-4)38-34-52)63(88-44-50-28-23-20-24-29-50)57(94-66)47-91-68(82)85-40-7-3/h6-7,19-24,26-29,31-38,55-57,59-66,80H,2-3,5,8-18,25,30,39-48H2,1,4H3,(H,77,79)(H,78,81)/t55-,56-,57-,59-,60-,61-,62-,63-,64-,65+,66-/m1/s1. The predicted molar refractivity (Wildman–Crippen MR) is 350 cm³/mol. The number of amides is 2. The molecule has 3 N–H and O–H groups in total. The maximum Gasteiger partial charge on any atom is 0.508 e. The van der Waals surface area contributed by atoms with Crippen LogP contribution in [0.4, 0.5) is 22.8 Å². The number of ether oxygens (including phenoxy) is 12. The van der Waals surface area contributed by atoms with Crippen LogP contribution < -0.4 is 15.4 Å². The van der Waals surface area contributed by atoms with Gasteiger partial charge < -0.3 is 72.6 Å². The topological polar surface area (TPSA) is 206 Å². The van der Waals surface area contributed by atoms with Crippen LogP contribution in [-0.2, 0) is 89.5 Å². The SMILES string of the molecule is C=CCOC(=O)OC[C@H]1O[C@@H](OC[C@H]2O[C@H](OCC=C)[C@H](NC(=O)C[C@@H](CCCCCCCCCCCCCCC)OCc3ccc(C(F)(F)F)cc3)[C@@H](O)[C@@H]2OCc2ccccc2)[C@H](NC(=O)OCC(Cl)(Cl)Cl)[C@@H](OCc2ccc(OC)cc2)[C@@H]1OCc1ccccc1. The van der Waals surface area contributed by atoms with Gasteiger partial charge in [0.15, 0.2) is 12.6 Å². The molecule has 0 spiro atoms. The second-order valence-electron chi connectivity index (χ2n) is 23.2. The monoisotopic (exact) mass is 1380 g/mol. The van der Waals surface area contributed by atoms with E-state index in [2.05, 4.69) is 30.7 Å². The first kappa shape index (κ1) is 77.5. The molecule has 0 aliphatic carbocycles. The number of alkyl halides is 6. The minimum absolute atomic E-state index is 0.0153. The Hall–Kier alpha value is -5.53. The number of benzene rings is 4. The van der Waals surface area contributed by atoms with Gasteiger partial charge >= 0.3 is 18.4 Å². The molecule has 11 atom stereocenters.